The SMILES string of the molecule is Cc1csc(NN=Cc2cccc(Oc3ccc([N+](=O)[O-])cc3)c2)n1. The van der Waals surface area contributed by atoms with Crippen LogP contribution in [-0.4, -0.2) is 16.1 Å². The monoisotopic (exact) mass is 354 g/mol. The second-order valence-electron chi connectivity index (χ2n) is 5.09. The third-order valence-electron chi connectivity index (χ3n) is 3.13. The third-order valence-corrected chi connectivity index (χ3v) is 4.00. The topological polar surface area (TPSA) is 89.7 Å². The van der Waals surface area contributed by atoms with Gasteiger partial charge in [-0.3, -0.25) is 15.5 Å². The fraction of sp³-hybridized carbons (Fsp3) is 0.0588. The Balaban J connectivity index is 1.65. The van der Waals surface area contributed by atoms with Crippen LogP contribution >= 0.6 is 11.3 Å². The Kier molecular flexibility index (Phi) is 5.00. The maximum Gasteiger partial charge on any atom is 0.269 e. The summed E-state index contributed by atoms with van der Waals surface area (Å²) in [5.41, 5.74) is 4.69. The number of ether oxygens (including phenoxy) is 1. The number of hydrogen-bond acceptors (Lipinski definition) is 7. The van der Waals surface area contributed by atoms with Crippen molar-refractivity contribution in [1.82, 2.24) is 4.98 Å². The number of hydrogen-bond donors (Lipinski definition) is 1. The molecule has 0 spiro atoms. The quantitative estimate of drug-likeness (QED) is 0.397. The van der Waals surface area contributed by atoms with E-state index < -0.39 is 4.92 Å². The van der Waals surface area contributed by atoms with Gasteiger partial charge in [0, 0.05) is 17.5 Å². The van der Waals surface area contributed by atoms with Gasteiger partial charge in [0.2, 0.25) is 5.13 Å². The van der Waals surface area contributed by atoms with Crippen molar-refractivity contribution in [2.24, 2.45) is 5.10 Å². The summed E-state index contributed by atoms with van der Waals surface area (Å²) in [7, 11) is 0. The molecular formula is C17H14N4O3S. The molecule has 0 amide bonds. The van der Waals surface area contributed by atoms with Gasteiger partial charge in [0.25, 0.3) is 5.69 Å². The minimum Gasteiger partial charge on any atom is -0.457 e. The molecule has 0 radical (unpaired) electrons. The number of thiazole rings is 1. The van der Waals surface area contributed by atoms with E-state index >= 15 is 0 Å². The van der Waals surface area contributed by atoms with E-state index in [1.54, 1.807) is 24.4 Å². The molecule has 2 aromatic carbocycles. The summed E-state index contributed by atoms with van der Waals surface area (Å²) in [6.45, 7) is 1.92. The number of nitrogens with zero attached hydrogens (tertiary/aromatic N) is 3. The van der Waals surface area contributed by atoms with Gasteiger partial charge in [-0.1, -0.05) is 12.1 Å². The van der Waals surface area contributed by atoms with Gasteiger partial charge in [0.1, 0.15) is 11.5 Å². The van der Waals surface area contributed by atoms with Gasteiger partial charge in [-0.25, -0.2) is 4.98 Å². The minimum atomic E-state index is -0.447. The molecular weight excluding hydrogens is 340 g/mol. The first-order valence-corrected chi connectivity index (χ1v) is 8.22. The normalized spacial score (nSPS) is 10.8. The summed E-state index contributed by atoms with van der Waals surface area (Å²) in [6.07, 6.45) is 1.67. The molecule has 0 saturated carbocycles. The summed E-state index contributed by atoms with van der Waals surface area (Å²) >= 11 is 1.48. The van der Waals surface area contributed by atoms with E-state index in [4.69, 9.17) is 4.74 Å². The molecule has 0 aliphatic carbocycles. The number of aromatic nitrogens is 1. The van der Waals surface area contributed by atoms with Crippen LogP contribution in [0.3, 0.4) is 0 Å². The number of nitro groups is 1. The van der Waals surface area contributed by atoms with Crippen molar-refractivity contribution in [3.05, 3.63) is 75.3 Å². The van der Waals surface area contributed by atoms with Gasteiger partial charge in [0.15, 0.2) is 0 Å². The van der Waals surface area contributed by atoms with Crippen LogP contribution in [-0.2, 0) is 0 Å². The lowest BCUT2D eigenvalue weighted by molar-refractivity contribution is -0.384. The van der Waals surface area contributed by atoms with E-state index in [1.807, 2.05) is 30.5 Å². The van der Waals surface area contributed by atoms with Crippen molar-refractivity contribution < 1.29 is 9.66 Å². The zero-order chi connectivity index (χ0) is 17.6. The number of nitrogens with one attached hydrogen (secondary N) is 1. The van der Waals surface area contributed by atoms with E-state index in [2.05, 4.69) is 15.5 Å². The molecule has 0 saturated heterocycles. The number of hydrazone groups is 1. The fourth-order valence-corrected chi connectivity index (χ4v) is 2.63. The van der Waals surface area contributed by atoms with Crippen molar-refractivity contribution in [3.8, 4) is 11.5 Å². The minimum absolute atomic E-state index is 0.0248. The van der Waals surface area contributed by atoms with Crippen molar-refractivity contribution in [2.45, 2.75) is 6.92 Å². The highest BCUT2D eigenvalue weighted by Crippen LogP contribution is 2.24. The number of non-ortho nitro benzene ring substituents is 1. The Morgan fingerprint density at radius 3 is 2.72 bits per heavy atom. The standard InChI is InChI=1S/C17H14N4O3S/c1-12-11-25-17(19-12)20-18-10-13-3-2-4-16(9-13)24-15-7-5-14(6-8-15)21(22)23/h2-11H,1H3,(H,19,20). The van der Waals surface area contributed by atoms with Crippen molar-refractivity contribution in [2.75, 3.05) is 5.43 Å². The zero-order valence-corrected chi connectivity index (χ0v) is 14.1. The van der Waals surface area contributed by atoms with Gasteiger partial charge in [-0.05, 0) is 36.8 Å². The summed E-state index contributed by atoms with van der Waals surface area (Å²) < 4.78 is 5.71. The number of rotatable bonds is 6. The Morgan fingerprint density at radius 1 is 1.24 bits per heavy atom. The highest BCUT2D eigenvalue weighted by molar-refractivity contribution is 7.13. The van der Waals surface area contributed by atoms with Gasteiger partial charge < -0.3 is 4.74 Å². The van der Waals surface area contributed by atoms with Gasteiger partial charge in [-0.15, -0.1) is 11.3 Å². The van der Waals surface area contributed by atoms with E-state index in [0.717, 1.165) is 16.4 Å². The Labute approximate surface area is 147 Å². The molecule has 0 atom stereocenters. The highest BCUT2D eigenvalue weighted by Gasteiger charge is 2.05. The molecule has 3 rings (SSSR count). The second kappa shape index (κ2) is 7.54. The molecule has 0 fully saturated rings. The van der Waals surface area contributed by atoms with E-state index in [1.165, 1.54) is 23.5 Å². The predicted octanol–water partition coefficient (Wildman–Crippen LogP) is 4.60. The molecule has 1 aromatic heterocycles. The van der Waals surface area contributed by atoms with E-state index in [0.29, 0.717) is 11.5 Å². The zero-order valence-electron chi connectivity index (χ0n) is 13.2. The molecule has 126 valence electrons. The molecule has 0 aliphatic heterocycles. The Bertz CT molecular complexity index is 906. The molecule has 1 N–H and O–H groups in total. The lowest BCUT2D eigenvalue weighted by Crippen LogP contribution is -1.91. The smallest absolute Gasteiger partial charge is 0.269 e. The number of anilines is 1. The largest absolute Gasteiger partial charge is 0.457 e. The van der Waals surface area contributed by atoms with Crippen LogP contribution in [0.1, 0.15) is 11.3 Å². The van der Waals surface area contributed by atoms with Gasteiger partial charge in [0.05, 0.1) is 16.8 Å². The third kappa shape index (κ3) is 4.61. The molecule has 7 nitrogen and oxygen atoms in total. The van der Waals surface area contributed by atoms with Gasteiger partial charge in [-0.2, -0.15) is 5.10 Å². The molecule has 0 aliphatic rings. The Morgan fingerprint density at radius 2 is 2.04 bits per heavy atom. The van der Waals surface area contributed by atoms with E-state index in [-0.39, 0.29) is 5.69 Å². The number of aryl methyl sites for hydroxylation is 1. The predicted molar refractivity (Wildman–Crippen MR) is 97.7 cm³/mol. The van der Waals surface area contributed by atoms with Crippen LogP contribution in [0.25, 0.3) is 0 Å². The highest BCUT2D eigenvalue weighted by atomic mass is 32.1. The maximum atomic E-state index is 10.7. The summed E-state index contributed by atoms with van der Waals surface area (Å²) in [5.74, 6) is 1.14. The van der Waals surface area contributed by atoms with Gasteiger partial charge >= 0.3 is 0 Å². The molecule has 25 heavy (non-hydrogen) atoms. The summed E-state index contributed by atoms with van der Waals surface area (Å²) in [4.78, 5) is 14.5. The number of nitro benzene ring substituents is 1. The second-order valence-corrected chi connectivity index (χ2v) is 5.95. The summed E-state index contributed by atoms with van der Waals surface area (Å²) in [5, 5.41) is 17.5. The van der Waals surface area contributed by atoms with Crippen molar-refractivity contribution in [1.29, 1.82) is 0 Å². The fourth-order valence-electron chi connectivity index (χ4n) is 2.00. The molecule has 1 heterocycles. The lowest BCUT2D eigenvalue weighted by atomic mass is 10.2. The van der Waals surface area contributed by atoms with Crippen LogP contribution in [0.5, 0.6) is 11.5 Å². The molecule has 0 unspecified atom stereocenters. The van der Waals surface area contributed by atoms with Crippen molar-refractivity contribution in [3.63, 3.8) is 0 Å². The first-order chi connectivity index (χ1) is 12.1. The van der Waals surface area contributed by atoms with Crippen LogP contribution in [0.15, 0.2) is 59.0 Å². The summed E-state index contributed by atoms with van der Waals surface area (Å²) in [6, 6.07) is 13.3. The number of benzene rings is 2. The first-order valence-electron chi connectivity index (χ1n) is 7.34. The maximum absolute atomic E-state index is 10.7. The first kappa shape index (κ1) is 16.6. The van der Waals surface area contributed by atoms with Crippen LogP contribution < -0.4 is 10.2 Å². The van der Waals surface area contributed by atoms with Crippen LogP contribution in [0.4, 0.5) is 10.8 Å². The Hall–Kier alpha value is -3.26. The molecule has 8 heteroatoms. The molecule has 0 bridgehead atoms. The van der Waals surface area contributed by atoms with Crippen molar-refractivity contribution >= 4 is 28.4 Å². The lowest BCUT2D eigenvalue weighted by Gasteiger charge is -2.06. The average Bonchev–Trinajstić information content (AvgIpc) is 3.01. The average molecular weight is 354 g/mol. The van der Waals surface area contributed by atoms with Crippen LogP contribution in [0, 0.1) is 17.0 Å². The van der Waals surface area contributed by atoms with Crippen LogP contribution in [0.2, 0.25) is 0 Å². The molecule has 3 aromatic rings. The van der Waals surface area contributed by atoms with E-state index in [9.17, 15) is 10.1 Å².